The predicted octanol–water partition coefficient (Wildman–Crippen LogP) is 4.06. The molecule has 3 atom stereocenters. The van der Waals surface area contributed by atoms with Gasteiger partial charge in [-0.05, 0) is 43.3 Å². The van der Waals surface area contributed by atoms with Crippen molar-refractivity contribution in [2.45, 2.75) is 19.1 Å². The molecule has 0 saturated carbocycles. The molecule has 7 heteroatoms. The fourth-order valence-corrected chi connectivity index (χ4v) is 4.54. The van der Waals surface area contributed by atoms with Crippen LogP contribution in [0.3, 0.4) is 0 Å². The van der Waals surface area contributed by atoms with Crippen LogP contribution >= 0.6 is 0 Å². The van der Waals surface area contributed by atoms with Crippen molar-refractivity contribution in [1.29, 1.82) is 0 Å². The Balaban J connectivity index is 1.62. The second-order valence-corrected chi connectivity index (χ2v) is 8.11. The van der Waals surface area contributed by atoms with Crippen molar-refractivity contribution < 1.29 is 23.9 Å². The third-order valence-electron chi connectivity index (χ3n) is 6.18. The molecule has 2 aliphatic rings. The van der Waals surface area contributed by atoms with Crippen LogP contribution in [0.15, 0.2) is 72.8 Å². The van der Waals surface area contributed by atoms with Gasteiger partial charge in [0, 0.05) is 11.6 Å². The summed E-state index contributed by atoms with van der Waals surface area (Å²) in [6.45, 7) is 1.96. The van der Waals surface area contributed by atoms with Crippen molar-refractivity contribution in [1.82, 2.24) is 0 Å². The number of para-hydroxylation sites is 1. The number of fused-ring (bicyclic) bond motifs is 1. The Labute approximate surface area is 192 Å². The zero-order chi connectivity index (χ0) is 23.1. The first-order valence-electron chi connectivity index (χ1n) is 10.7. The Morgan fingerprint density at radius 1 is 0.818 bits per heavy atom. The van der Waals surface area contributed by atoms with Gasteiger partial charge in [0.05, 0.1) is 31.6 Å². The average Bonchev–Trinajstić information content (AvgIpc) is 3.35. The van der Waals surface area contributed by atoms with E-state index in [4.69, 9.17) is 14.3 Å². The van der Waals surface area contributed by atoms with Crippen molar-refractivity contribution in [3.05, 3.63) is 83.9 Å². The molecule has 2 aliphatic heterocycles. The number of ether oxygens (including phenoxy) is 2. The predicted molar refractivity (Wildman–Crippen MR) is 123 cm³/mol. The third-order valence-corrected chi connectivity index (χ3v) is 6.18. The van der Waals surface area contributed by atoms with Crippen LogP contribution in [0.1, 0.15) is 17.2 Å². The first-order chi connectivity index (χ1) is 16.0. The summed E-state index contributed by atoms with van der Waals surface area (Å²) < 4.78 is 11.0. The number of imide groups is 1. The maximum absolute atomic E-state index is 13.7. The van der Waals surface area contributed by atoms with E-state index in [2.05, 4.69) is 0 Å². The lowest BCUT2D eigenvalue weighted by Gasteiger charge is -2.29. The molecule has 0 aliphatic carbocycles. The molecule has 7 nitrogen and oxygen atoms in total. The number of methoxy groups -OCH3 is 2. The molecule has 0 radical (unpaired) electrons. The second kappa shape index (κ2) is 8.26. The highest BCUT2D eigenvalue weighted by molar-refractivity contribution is 6.23. The molecular weight excluding hydrogens is 420 g/mol. The van der Waals surface area contributed by atoms with E-state index >= 15 is 0 Å². The number of benzene rings is 3. The maximum Gasteiger partial charge on any atom is 0.266 e. The van der Waals surface area contributed by atoms with Crippen molar-refractivity contribution in [2.24, 2.45) is 5.92 Å². The van der Waals surface area contributed by atoms with Crippen LogP contribution in [0.5, 0.6) is 11.5 Å². The van der Waals surface area contributed by atoms with Crippen molar-refractivity contribution >= 4 is 23.2 Å². The Bertz CT molecular complexity index is 1200. The first-order valence-corrected chi connectivity index (χ1v) is 10.7. The van der Waals surface area contributed by atoms with E-state index in [0.717, 1.165) is 16.8 Å². The number of hydrogen-bond acceptors (Lipinski definition) is 6. The van der Waals surface area contributed by atoms with Gasteiger partial charge in [-0.15, -0.1) is 0 Å². The molecule has 0 spiro atoms. The molecule has 0 aromatic heterocycles. The Morgan fingerprint density at radius 2 is 1.55 bits per heavy atom. The number of hydroxylamine groups is 1. The lowest BCUT2D eigenvalue weighted by Crippen LogP contribution is -2.37. The average molecular weight is 444 g/mol. The molecule has 2 heterocycles. The molecule has 168 valence electrons. The normalized spacial score (nSPS) is 22.0. The van der Waals surface area contributed by atoms with Gasteiger partial charge in [0.1, 0.15) is 17.4 Å². The fraction of sp³-hybridized carbons (Fsp3) is 0.231. The Morgan fingerprint density at radius 3 is 2.21 bits per heavy atom. The van der Waals surface area contributed by atoms with Crippen LogP contribution in [0.25, 0.3) is 0 Å². The van der Waals surface area contributed by atoms with Crippen LogP contribution < -0.4 is 19.4 Å². The number of aryl methyl sites for hydroxylation is 1. The van der Waals surface area contributed by atoms with E-state index in [9.17, 15) is 9.59 Å². The maximum atomic E-state index is 13.7. The second-order valence-electron chi connectivity index (χ2n) is 8.11. The van der Waals surface area contributed by atoms with Crippen LogP contribution in [-0.2, 0) is 14.4 Å². The number of carbonyl (C=O) groups excluding carboxylic acids is 2. The monoisotopic (exact) mass is 444 g/mol. The summed E-state index contributed by atoms with van der Waals surface area (Å²) in [7, 11) is 3.15. The minimum atomic E-state index is -0.934. The number of carbonyl (C=O) groups is 2. The van der Waals surface area contributed by atoms with Gasteiger partial charge in [0.25, 0.3) is 5.91 Å². The van der Waals surface area contributed by atoms with Gasteiger partial charge < -0.3 is 9.47 Å². The largest absolute Gasteiger partial charge is 0.497 e. The van der Waals surface area contributed by atoms with Gasteiger partial charge in [0.2, 0.25) is 5.91 Å². The molecule has 2 amide bonds. The van der Waals surface area contributed by atoms with Crippen LogP contribution in [0.2, 0.25) is 0 Å². The van der Waals surface area contributed by atoms with Crippen molar-refractivity contribution in [3.63, 3.8) is 0 Å². The molecule has 2 saturated heterocycles. The minimum absolute atomic E-state index is 0.296. The van der Waals surface area contributed by atoms with Crippen molar-refractivity contribution in [3.8, 4) is 11.5 Å². The standard InChI is InChI=1S/C26H24N2O5/c1-16-9-11-17(12-10-16)27-25(29)22-23(20-14-13-19(31-2)15-21(20)32-3)28(33-24(22)26(27)30)18-7-5-4-6-8-18/h4-15,22-24H,1-3H3/t22-,23+,24-/m1/s1. The summed E-state index contributed by atoms with van der Waals surface area (Å²) in [6, 6.07) is 21.6. The molecular formula is C26H24N2O5. The SMILES string of the molecule is COc1ccc([C@H]2[C@H]3C(=O)N(c4ccc(C)cc4)C(=O)[C@@H]3ON2c2ccccc2)c(OC)c1. The molecule has 33 heavy (non-hydrogen) atoms. The highest BCUT2D eigenvalue weighted by Gasteiger charge is 2.60. The van der Waals surface area contributed by atoms with Crippen molar-refractivity contribution in [2.75, 3.05) is 24.2 Å². The summed E-state index contributed by atoms with van der Waals surface area (Å²) in [5.74, 6) is -0.216. The van der Waals surface area contributed by atoms with E-state index < -0.39 is 18.1 Å². The molecule has 3 aromatic rings. The minimum Gasteiger partial charge on any atom is -0.497 e. The van der Waals surface area contributed by atoms with E-state index in [1.807, 2.05) is 61.5 Å². The summed E-state index contributed by atoms with van der Waals surface area (Å²) in [6.07, 6.45) is -0.934. The number of hydrogen-bond donors (Lipinski definition) is 0. The lowest BCUT2D eigenvalue weighted by molar-refractivity contribution is -0.126. The number of rotatable bonds is 5. The van der Waals surface area contributed by atoms with Gasteiger partial charge in [-0.3, -0.25) is 14.4 Å². The molecule has 0 unspecified atom stereocenters. The Hall–Kier alpha value is -3.84. The van der Waals surface area contributed by atoms with E-state index in [1.54, 1.807) is 37.5 Å². The highest BCUT2D eigenvalue weighted by Crippen LogP contribution is 2.49. The number of amides is 2. The summed E-state index contributed by atoms with van der Waals surface area (Å²) in [5, 5.41) is 1.65. The van der Waals surface area contributed by atoms with Crippen LogP contribution in [0, 0.1) is 12.8 Å². The molecule has 0 N–H and O–H groups in total. The highest BCUT2D eigenvalue weighted by atomic mass is 16.7. The first kappa shape index (κ1) is 21.0. The number of nitrogens with zero attached hydrogens (tertiary/aromatic N) is 2. The summed E-state index contributed by atoms with van der Waals surface area (Å²) >= 11 is 0. The quantitative estimate of drug-likeness (QED) is 0.553. The molecule has 0 bridgehead atoms. The topological polar surface area (TPSA) is 68.3 Å². The van der Waals surface area contributed by atoms with E-state index in [0.29, 0.717) is 17.2 Å². The molecule has 5 rings (SSSR count). The van der Waals surface area contributed by atoms with E-state index in [1.165, 1.54) is 4.90 Å². The molecule has 2 fully saturated rings. The van der Waals surface area contributed by atoms with E-state index in [-0.39, 0.29) is 11.8 Å². The van der Waals surface area contributed by atoms with Crippen LogP contribution in [-0.4, -0.2) is 32.1 Å². The summed E-state index contributed by atoms with van der Waals surface area (Å²) in [5.41, 5.74) is 3.07. The lowest BCUT2D eigenvalue weighted by atomic mass is 9.90. The van der Waals surface area contributed by atoms with Gasteiger partial charge in [-0.1, -0.05) is 35.9 Å². The van der Waals surface area contributed by atoms with Gasteiger partial charge in [-0.2, -0.15) is 0 Å². The third kappa shape index (κ3) is 3.41. The van der Waals surface area contributed by atoms with Crippen LogP contribution in [0.4, 0.5) is 11.4 Å². The molecule has 3 aromatic carbocycles. The van der Waals surface area contributed by atoms with Gasteiger partial charge in [-0.25, -0.2) is 9.96 Å². The fourth-order valence-electron chi connectivity index (χ4n) is 4.54. The zero-order valence-electron chi connectivity index (χ0n) is 18.6. The Kier molecular flexibility index (Phi) is 5.26. The van der Waals surface area contributed by atoms with Gasteiger partial charge >= 0.3 is 0 Å². The van der Waals surface area contributed by atoms with Gasteiger partial charge in [0.15, 0.2) is 6.10 Å². The summed E-state index contributed by atoms with van der Waals surface area (Å²) in [4.78, 5) is 34.5. The smallest absolute Gasteiger partial charge is 0.266 e. The number of anilines is 2. The zero-order valence-corrected chi connectivity index (χ0v) is 18.6.